The summed E-state index contributed by atoms with van der Waals surface area (Å²) in [5.74, 6) is 1.27. The predicted molar refractivity (Wildman–Crippen MR) is 292 cm³/mol. The van der Waals surface area contributed by atoms with Crippen LogP contribution in [0.15, 0.2) is 91.0 Å². The molecule has 4 amide bonds. The van der Waals surface area contributed by atoms with Crippen LogP contribution in [-0.4, -0.2) is 81.1 Å². The van der Waals surface area contributed by atoms with Gasteiger partial charge in [-0.1, -0.05) is 58.0 Å². The highest BCUT2D eigenvalue weighted by Gasteiger charge is 2.39. The molecule has 0 saturated heterocycles. The molecule has 390 valence electrons. The van der Waals surface area contributed by atoms with Crippen LogP contribution in [0.25, 0.3) is 0 Å². The van der Waals surface area contributed by atoms with Gasteiger partial charge in [-0.2, -0.15) is 8.42 Å². The quantitative estimate of drug-likeness (QED) is 0.0431. The van der Waals surface area contributed by atoms with Crippen LogP contribution in [0.2, 0.25) is 0 Å². The molecule has 0 fully saturated rings. The van der Waals surface area contributed by atoms with Gasteiger partial charge >= 0.3 is 0 Å². The van der Waals surface area contributed by atoms with Crippen molar-refractivity contribution in [3.05, 3.63) is 141 Å². The van der Waals surface area contributed by atoms with Crippen molar-refractivity contribution < 1.29 is 46.0 Å². The van der Waals surface area contributed by atoms with E-state index in [0.29, 0.717) is 59.1 Å². The summed E-state index contributed by atoms with van der Waals surface area (Å²) in [5, 5.41) is 4.23. The molecule has 74 heavy (non-hydrogen) atoms. The van der Waals surface area contributed by atoms with Crippen LogP contribution in [-0.2, 0) is 62.8 Å². The van der Waals surface area contributed by atoms with Gasteiger partial charge in [0.2, 0.25) is 11.8 Å². The number of rotatable bonds is 20. The Bertz CT molecular complexity index is 3090. The van der Waals surface area contributed by atoms with E-state index in [-0.39, 0.29) is 60.6 Å². The lowest BCUT2D eigenvalue weighted by atomic mass is 9.98. The van der Waals surface area contributed by atoms with E-state index in [4.69, 9.17) is 14.2 Å². The second-order valence-corrected chi connectivity index (χ2v) is 25.1. The molecule has 0 aliphatic carbocycles. The fourth-order valence-corrected chi connectivity index (χ4v) is 14.6. The zero-order valence-corrected chi connectivity index (χ0v) is 45.2. The standard InChI is InChI=1S/C57H64N4O10S3/c1-35-24-45-38(17-19-43-28-40-12-7-9-14-47(40)60(43)55(45)64)30-49(35)70-33-36-25-37(27-42(26-36)59-53(62)16-11-22-57(2,3)73-72-23-21-52(54(63)58-4)74(66,67)69-6)34-71-51-31-39-18-20-44-29-41-13-8-10-15-48(41)61(44)56(65)46(39)32-50(51)68-5/h7-10,12-15,24-27,30-32,43-44,52H,11,16-23,28-29,33-34H2,1-6H3,(H,58,63)(H,59,62)/t43-,44-,52?/m1/s1. The molecule has 5 aromatic carbocycles. The van der Waals surface area contributed by atoms with Crippen LogP contribution in [0, 0.1) is 6.92 Å². The highest BCUT2D eigenvalue weighted by atomic mass is 33.1. The van der Waals surface area contributed by atoms with Gasteiger partial charge < -0.3 is 34.6 Å². The van der Waals surface area contributed by atoms with Crippen molar-refractivity contribution in [3.8, 4) is 17.2 Å². The number of carbonyl (C=O) groups excluding carboxylic acids is 4. The summed E-state index contributed by atoms with van der Waals surface area (Å²) in [5.41, 5.74) is 10.5. The largest absolute Gasteiger partial charge is 0.493 e. The molecular formula is C57H64N4O10S3. The number of para-hydroxylation sites is 2. The molecule has 1 unspecified atom stereocenters. The van der Waals surface area contributed by atoms with Crippen molar-refractivity contribution in [2.24, 2.45) is 0 Å². The van der Waals surface area contributed by atoms with Gasteiger partial charge in [0, 0.05) is 64.2 Å². The first-order chi connectivity index (χ1) is 35.6. The summed E-state index contributed by atoms with van der Waals surface area (Å²) in [6, 6.07) is 29.9. The van der Waals surface area contributed by atoms with Gasteiger partial charge in [0.05, 0.1) is 14.2 Å². The maximum atomic E-state index is 14.2. The SMILES string of the molecule is CNC(=O)C(CCSSC(C)(C)CCCC(=O)Nc1cc(COc2cc3c(cc2C)C(=O)N2c4ccccc4C[C@H]2CC3)cc(COc2cc3c(cc2OC)C(=O)N2c4ccccc4C[C@H]2CC3)c1)S(=O)(=O)OC. The van der Waals surface area contributed by atoms with Crippen LogP contribution in [0.5, 0.6) is 17.2 Å². The minimum atomic E-state index is -4.03. The second-order valence-electron chi connectivity index (χ2n) is 20.1. The third-order valence-corrected chi connectivity index (χ3v) is 19.5. The predicted octanol–water partition coefficient (Wildman–Crippen LogP) is 9.95. The number of hydrogen-bond acceptors (Lipinski definition) is 12. The highest BCUT2D eigenvalue weighted by Crippen LogP contribution is 2.43. The fourth-order valence-electron chi connectivity index (χ4n) is 10.7. The maximum Gasteiger partial charge on any atom is 0.279 e. The summed E-state index contributed by atoms with van der Waals surface area (Å²) in [7, 11) is 3.06. The number of anilines is 3. The molecular weight excluding hydrogens is 997 g/mol. The Morgan fingerprint density at radius 3 is 1.91 bits per heavy atom. The van der Waals surface area contributed by atoms with E-state index >= 15 is 0 Å². The molecule has 9 rings (SSSR count). The number of aryl methyl sites for hydroxylation is 3. The summed E-state index contributed by atoms with van der Waals surface area (Å²) in [4.78, 5) is 58.1. The van der Waals surface area contributed by atoms with Crippen LogP contribution < -0.4 is 34.6 Å². The molecule has 0 spiro atoms. The van der Waals surface area contributed by atoms with Crippen LogP contribution in [0.4, 0.5) is 17.1 Å². The number of amides is 4. The lowest BCUT2D eigenvalue weighted by molar-refractivity contribution is -0.120. The fraction of sp³-hybridized carbons (Fsp3) is 0.404. The van der Waals surface area contributed by atoms with E-state index in [9.17, 15) is 27.6 Å². The van der Waals surface area contributed by atoms with Crippen molar-refractivity contribution in [1.82, 2.24) is 5.32 Å². The van der Waals surface area contributed by atoms with Crippen LogP contribution >= 0.6 is 21.6 Å². The minimum Gasteiger partial charge on any atom is -0.493 e. The average molecular weight is 1060 g/mol. The van der Waals surface area contributed by atoms with Gasteiger partial charge in [-0.15, -0.1) is 0 Å². The average Bonchev–Trinajstić information content (AvgIpc) is 3.88. The molecule has 17 heteroatoms. The van der Waals surface area contributed by atoms with E-state index in [1.54, 1.807) is 24.0 Å². The highest BCUT2D eigenvalue weighted by molar-refractivity contribution is 8.77. The molecule has 0 saturated carbocycles. The Morgan fingerprint density at radius 2 is 1.32 bits per heavy atom. The first-order valence-corrected chi connectivity index (χ1v) is 29.0. The summed E-state index contributed by atoms with van der Waals surface area (Å²) in [6.45, 7) is 6.42. The monoisotopic (exact) mass is 1060 g/mol. The first kappa shape index (κ1) is 52.8. The van der Waals surface area contributed by atoms with Crippen molar-refractivity contribution in [1.29, 1.82) is 0 Å². The van der Waals surface area contributed by atoms with E-state index in [1.165, 1.54) is 29.0 Å². The molecule has 4 heterocycles. The number of carbonyl (C=O) groups is 4. The van der Waals surface area contributed by atoms with Crippen molar-refractivity contribution >= 4 is 72.4 Å². The number of ether oxygens (including phenoxy) is 3. The lowest BCUT2D eigenvalue weighted by Crippen LogP contribution is -2.39. The van der Waals surface area contributed by atoms with Gasteiger partial charge in [0.25, 0.3) is 21.9 Å². The molecule has 0 aromatic heterocycles. The molecule has 4 aliphatic rings. The Hall–Kier alpha value is -6.01. The Morgan fingerprint density at radius 1 is 0.757 bits per heavy atom. The van der Waals surface area contributed by atoms with Crippen LogP contribution in [0.3, 0.4) is 0 Å². The minimum absolute atomic E-state index is 0.0191. The van der Waals surface area contributed by atoms with Crippen molar-refractivity contribution in [3.63, 3.8) is 0 Å². The molecule has 0 radical (unpaired) electrons. The maximum absolute atomic E-state index is 14.2. The Labute approximate surface area is 442 Å². The van der Waals surface area contributed by atoms with Gasteiger partial charge in [0.1, 0.15) is 19.0 Å². The smallest absolute Gasteiger partial charge is 0.279 e. The van der Waals surface area contributed by atoms with Crippen LogP contribution in [0.1, 0.15) is 112 Å². The van der Waals surface area contributed by atoms with Crippen molar-refractivity contribution in [2.45, 2.75) is 120 Å². The molecule has 14 nitrogen and oxygen atoms in total. The number of benzene rings is 5. The summed E-state index contributed by atoms with van der Waals surface area (Å²) in [6.07, 6.45) is 6.45. The first-order valence-electron chi connectivity index (χ1n) is 25.2. The summed E-state index contributed by atoms with van der Waals surface area (Å²) < 4.78 is 48.0. The molecule has 4 aliphatic heterocycles. The van der Waals surface area contributed by atoms with E-state index < -0.39 is 21.3 Å². The Kier molecular flexibility index (Phi) is 16.0. The Balaban J connectivity index is 0.894. The lowest BCUT2D eigenvalue weighted by Gasteiger charge is -2.23. The van der Waals surface area contributed by atoms with E-state index in [1.807, 2.05) is 89.5 Å². The number of nitrogens with zero attached hydrogens (tertiary/aromatic N) is 2. The zero-order valence-electron chi connectivity index (χ0n) is 42.8. The van der Waals surface area contributed by atoms with Crippen molar-refractivity contribution in [2.75, 3.05) is 42.1 Å². The topological polar surface area (TPSA) is 170 Å². The third kappa shape index (κ3) is 11.5. The number of methoxy groups -OCH3 is 1. The molecule has 0 bridgehead atoms. The molecule has 2 N–H and O–H groups in total. The molecule has 3 atom stereocenters. The van der Waals surface area contributed by atoms with E-state index in [0.717, 1.165) is 78.4 Å². The van der Waals surface area contributed by atoms with Gasteiger partial charge in [-0.3, -0.25) is 23.4 Å². The summed E-state index contributed by atoms with van der Waals surface area (Å²) >= 11 is 0. The number of fused-ring (bicyclic) bond motifs is 8. The zero-order chi connectivity index (χ0) is 52.3. The van der Waals surface area contributed by atoms with Gasteiger partial charge in [-0.25, -0.2) is 0 Å². The second kappa shape index (κ2) is 22.5. The van der Waals surface area contributed by atoms with Gasteiger partial charge in [0.15, 0.2) is 16.7 Å². The number of nitrogens with one attached hydrogen (secondary N) is 2. The molecule has 5 aromatic rings. The third-order valence-electron chi connectivity index (χ3n) is 14.5. The number of hydrogen-bond donors (Lipinski definition) is 2. The van der Waals surface area contributed by atoms with Gasteiger partial charge in [-0.05, 0) is 172 Å². The van der Waals surface area contributed by atoms with E-state index in [2.05, 4.69) is 40.8 Å². The normalized spacial score (nSPS) is 17.2.